The van der Waals surface area contributed by atoms with Gasteiger partial charge in [-0.3, -0.25) is 29.0 Å². The van der Waals surface area contributed by atoms with Crippen LogP contribution in [0.2, 0.25) is 0 Å². The normalized spacial score (nSPS) is 33.6. The van der Waals surface area contributed by atoms with E-state index < -0.39 is 51.1 Å². The highest BCUT2D eigenvalue weighted by Crippen LogP contribution is 2.66. The number of methoxy groups -OCH3 is 1. The molecule has 3 fully saturated rings. The Morgan fingerprint density at radius 1 is 1.00 bits per heavy atom. The molecule has 6 rings (SSSR count). The van der Waals surface area contributed by atoms with Crippen molar-refractivity contribution in [1.29, 1.82) is 0 Å². The topological polar surface area (TPSA) is 104 Å². The number of hydrogen-bond acceptors (Lipinski definition) is 6. The van der Waals surface area contributed by atoms with E-state index in [1.165, 1.54) is 12.0 Å². The molecule has 0 radical (unpaired) electrons. The number of imide groups is 2. The molecule has 0 spiro atoms. The zero-order chi connectivity index (χ0) is 27.9. The van der Waals surface area contributed by atoms with E-state index in [2.05, 4.69) is 15.9 Å². The third-order valence-corrected chi connectivity index (χ3v) is 10.5. The van der Waals surface area contributed by atoms with Crippen molar-refractivity contribution in [1.82, 2.24) is 4.90 Å². The molecular formula is C28H23BrCl2N2O6. The van der Waals surface area contributed by atoms with Crippen LogP contribution in [0, 0.1) is 17.8 Å². The number of carbonyl (C=O) groups excluding carboxylic acids is 4. The lowest BCUT2D eigenvalue weighted by Crippen LogP contribution is -2.60. The highest BCUT2D eigenvalue weighted by Gasteiger charge is 2.76. The molecule has 2 aliphatic heterocycles. The van der Waals surface area contributed by atoms with Gasteiger partial charge in [-0.05, 0) is 37.0 Å². The molecule has 11 heteroatoms. The van der Waals surface area contributed by atoms with Crippen LogP contribution in [0.1, 0.15) is 24.3 Å². The minimum absolute atomic E-state index is 0.123. The fourth-order valence-corrected chi connectivity index (χ4v) is 8.28. The summed E-state index contributed by atoms with van der Waals surface area (Å²) < 4.78 is 5.31. The second-order valence-electron chi connectivity index (χ2n) is 10.2. The molecule has 2 aromatic carbocycles. The quantitative estimate of drug-likeness (QED) is 0.233. The number of ether oxygens (including phenoxy) is 1. The highest BCUT2D eigenvalue weighted by atomic mass is 79.9. The van der Waals surface area contributed by atoms with E-state index in [1.54, 1.807) is 48.5 Å². The van der Waals surface area contributed by atoms with Gasteiger partial charge in [0, 0.05) is 11.5 Å². The summed E-state index contributed by atoms with van der Waals surface area (Å²) in [5.74, 6) is -5.42. The number of phenolic OH excluding ortho intramolecular Hbond substituents is 1. The SMILES string of the molecule is COc1cccc([C@H]2C3=CC[C@@H]4C(=O)N(c5ccccc5)C(=O)[C@@H]4[C@@H]3C[C@@]3(Cl)C(=O)N(CBr)C(=O)[C@@]23Cl)c1O. The third kappa shape index (κ3) is 3.30. The van der Waals surface area contributed by atoms with Crippen LogP contribution in [0.3, 0.4) is 0 Å². The summed E-state index contributed by atoms with van der Waals surface area (Å²) in [5.41, 5.74) is 1.18. The van der Waals surface area contributed by atoms with Crippen LogP contribution in [-0.2, 0) is 19.2 Å². The molecule has 2 aliphatic carbocycles. The number of fused-ring (bicyclic) bond motifs is 4. The first kappa shape index (κ1) is 26.3. The fourth-order valence-electron chi connectivity index (χ4n) is 6.87. The average Bonchev–Trinajstić information content (AvgIpc) is 3.27. The maximum atomic E-state index is 13.9. The molecule has 4 amide bonds. The zero-order valence-electron chi connectivity index (χ0n) is 20.6. The molecule has 1 saturated carbocycles. The summed E-state index contributed by atoms with van der Waals surface area (Å²) in [4.78, 5) is 53.1. The lowest BCUT2D eigenvalue weighted by Gasteiger charge is -2.50. The number of nitrogens with zero attached hydrogens (tertiary/aromatic N) is 2. The van der Waals surface area contributed by atoms with Crippen molar-refractivity contribution in [3.8, 4) is 11.5 Å². The molecule has 8 nitrogen and oxygen atoms in total. The van der Waals surface area contributed by atoms with Gasteiger partial charge >= 0.3 is 0 Å². The van der Waals surface area contributed by atoms with Gasteiger partial charge in [-0.2, -0.15) is 0 Å². The smallest absolute Gasteiger partial charge is 0.254 e. The van der Waals surface area contributed by atoms with E-state index >= 15 is 0 Å². The standard InChI is InChI=1S/C28H23BrCl2N2O6/c1-39-19-9-5-8-17(22(19)34)21-15-10-11-16-20(24(36)33(23(16)35)14-6-3-2-4-7-14)18(15)12-27(30)25(37)32(13-29)26(38)28(21,27)31/h2-10,16,18,20-21,34H,11-13H2,1H3/t16-,18+,20-,21+,27+,28-/m0/s1. The van der Waals surface area contributed by atoms with Gasteiger partial charge in [-0.1, -0.05) is 57.9 Å². The van der Waals surface area contributed by atoms with Gasteiger partial charge in [0.1, 0.15) is 0 Å². The van der Waals surface area contributed by atoms with Gasteiger partial charge in [0.25, 0.3) is 11.8 Å². The number of phenols is 1. The number of amides is 4. The number of benzene rings is 2. The molecule has 202 valence electrons. The van der Waals surface area contributed by atoms with Crippen LogP contribution in [-0.4, -0.2) is 55.9 Å². The van der Waals surface area contributed by atoms with Gasteiger partial charge in [-0.25, -0.2) is 0 Å². The van der Waals surface area contributed by atoms with Crippen molar-refractivity contribution >= 4 is 68.4 Å². The molecule has 39 heavy (non-hydrogen) atoms. The van der Waals surface area contributed by atoms with Crippen LogP contribution in [0.5, 0.6) is 11.5 Å². The second kappa shape index (κ2) is 9.08. The summed E-state index contributed by atoms with van der Waals surface area (Å²) in [5, 5.41) is 11.2. The van der Waals surface area contributed by atoms with Crippen LogP contribution >= 0.6 is 39.1 Å². The maximum absolute atomic E-state index is 13.9. The van der Waals surface area contributed by atoms with Gasteiger partial charge in [0.05, 0.1) is 30.1 Å². The number of anilines is 1. The van der Waals surface area contributed by atoms with E-state index in [4.69, 9.17) is 27.9 Å². The van der Waals surface area contributed by atoms with E-state index in [0.717, 1.165) is 4.90 Å². The second-order valence-corrected chi connectivity index (χ2v) is 12.0. The van der Waals surface area contributed by atoms with Gasteiger partial charge < -0.3 is 9.84 Å². The summed E-state index contributed by atoms with van der Waals surface area (Å²) in [6.45, 7) is 0. The summed E-state index contributed by atoms with van der Waals surface area (Å²) in [6, 6.07) is 13.5. The number of likely N-dealkylation sites (tertiary alicyclic amines) is 1. The number of alkyl halides is 3. The molecule has 4 aliphatic rings. The van der Waals surface area contributed by atoms with Crippen LogP contribution in [0.25, 0.3) is 0 Å². The molecule has 2 heterocycles. The summed E-state index contributed by atoms with van der Waals surface area (Å²) in [6.07, 6.45) is 1.93. The lowest BCUT2D eigenvalue weighted by molar-refractivity contribution is -0.138. The Kier molecular flexibility index (Phi) is 6.13. The van der Waals surface area contributed by atoms with E-state index in [0.29, 0.717) is 11.3 Å². The first-order valence-electron chi connectivity index (χ1n) is 12.4. The van der Waals surface area contributed by atoms with E-state index in [1.807, 2.05) is 6.08 Å². The average molecular weight is 634 g/mol. The first-order valence-corrected chi connectivity index (χ1v) is 14.3. The monoisotopic (exact) mass is 632 g/mol. The van der Waals surface area contributed by atoms with Crippen molar-refractivity contribution < 1.29 is 29.0 Å². The van der Waals surface area contributed by atoms with Crippen LogP contribution in [0.4, 0.5) is 5.69 Å². The van der Waals surface area contributed by atoms with Crippen molar-refractivity contribution in [2.45, 2.75) is 28.5 Å². The van der Waals surface area contributed by atoms with Gasteiger partial charge in [0.2, 0.25) is 11.8 Å². The lowest BCUT2D eigenvalue weighted by atomic mass is 9.56. The van der Waals surface area contributed by atoms with Gasteiger partial charge in [0.15, 0.2) is 21.2 Å². The minimum Gasteiger partial charge on any atom is -0.504 e. The van der Waals surface area contributed by atoms with Crippen LogP contribution < -0.4 is 9.64 Å². The molecular weight excluding hydrogens is 611 g/mol. The zero-order valence-corrected chi connectivity index (χ0v) is 23.7. The number of rotatable bonds is 4. The Morgan fingerprint density at radius 2 is 1.72 bits per heavy atom. The summed E-state index contributed by atoms with van der Waals surface area (Å²) in [7, 11) is 1.40. The van der Waals surface area contributed by atoms with E-state index in [9.17, 15) is 24.3 Å². The van der Waals surface area contributed by atoms with Crippen LogP contribution in [0.15, 0.2) is 60.2 Å². The summed E-state index contributed by atoms with van der Waals surface area (Å²) >= 11 is 17.6. The molecule has 6 atom stereocenters. The molecule has 0 aromatic heterocycles. The van der Waals surface area contributed by atoms with Gasteiger partial charge in [-0.15, -0.1) is 23.2 Å². The molecule has 0 unspecified atom stereocenters. The Morgan fingerprint density at radius 3 is 2.38 bits per heavy atom. The predicted molar refractivity (Wildman–Crippen MR) is 147 cm³/mol. The number of allylic oxidation sites excluding steroid dienone is 2. The van der Waals surface area contributed by atoms with Crippen molar-refractivity contribution in [2.24, 2.45) is 17.8 Å². The fraction of sp³-hybridized carbons (Fsp3) is 0.357. The molecule has 2 saturated heterocycles. The largest absolute Gasteiger partial charge is 0.504 e. The van der Waals surface area contributed by atoms with Crippen molar-refractivity contribution in [3.05, 3.63) is 65.7 Å². The molecule has 2 aromatic rings. The Labute approximate surface area is 242 Å². The highest BCUT2D eigenvalue weighted by molar-refractivity contribution is 9.09. The number of para-hydroxylation sites is 2. The Bertz CT molecular complexity index is 1470. The number of carbonyl (C=O) groups is 4. The van der Waals surface area contributed by atoms with Crippen molar-refractivity contribution in [3.63, 3.8) is 0 Å². The number of hydrogen-bond donors (Lipinski definition) is 1. The third-order valence-electron chi connectivity index (χ3n) is 8.59. The number of aromatic hydroxyl groups is 1. The molecule has 1 N–H and O–H groups in total. The Balaban J connectivity index is 1.55. The van der Waals surface area contributed by atoms with Crippen molar-refractivity contribution in [2.75, 3.05) is 17.5 Å². The predicted octanol–water partition coefficient (Wildman–Crippen LogP) is 4.32. The first-order chi connectivity index (χ1) is 18.6. The molecule has 0 bridgehead atoms. The van der Waals surface area contributed by atoms with E-state index in [-0.39, 0.29) is 41.3 Å². The maximum Gasteiger partial charge on any atom is 0.254 e. The Hall–Kier alpha value is -2.88. The minimum atomic E-state index is -2.00. The number of halogens is 3.